The molecule has 3 heterocycles. The van der Waals surface area contributed by atoms with Gasteiger partial charge in [-0.05, 0) is 42.0 Å². The highest BCUT2D eigenvalue weighted by Gasteiger charge is 2.24. The number of aromatic nitrogens is 3. The van der Waals surface area contributed by atoms with Crippen molar-refractivity contribution in [2.45, 2.75) is 6.42 Å². The minimum Gasteiger partial charge on any atom is -0.493 e. The summed E-state index contributed by atoms with van der Waals surface area (Å²) in [5.74, 6) is 0.742. The molecule has 7 nitrogen and oxygen atoms in total. The summed E-state index contributed by atoms with van der Waals surface area (Å²) in [7, 11) is 2.97. The molecule has 32 heavy (non-hydrogen) atoms. The Hall–Kier alpha value is -3.36. The Morgan fingerprint density at radius 1 is 1.22 bits per heavy atom. The van der Waals surface area contributed by atoms with Crippen LogP contribution in [0.3, 0.4) is 0 Å². The molecule has 162 valence electrons. The zero-order valence-electron chi connectivity index (χ0n) is 17.3. The molecule has 0 spiro atoms. The van der Waals surface area contributed by atoms with E-state index in [1.807, 2.05) is 24.3 Å². The van der Waals surface area contributed by atoms with Crippen LogP contribution in [0.4, 0.5) is 0 Å². The Kier molecular flexibility index (Phi) is 5.11. The predicted octanol–water partition coefficient (Wildman–Crippen LogP) is 4.34. The Morgan fingerprint density at radius 3 is 2.81 bits per heavy atom. The Bertz CT molecular complexity index is 1420. The van der Waals surface area contributed by atoms with E-state index in [9.17, 15) is 9.59 Å². The minimum atomic E-state index is -0.412. The number of hydrogen-bond acceptors (Lipinski definition) is 6. The summed E-state index contributed by atoms with van der Waals surface area (Å²) in [6.07, 6.45) is 0.692. The molecule has 0 amide bonds. The van der Waals surface area contributed by atoms with Gasteiger partial charge in [0.1, 0.15) is 5.75 Å². The van der Waals surface area contributed by atoms with Crippen molar-refractivity contribution in [3.63, 3.8) is 0 Å². The number of halogens is 1. The number of carbonyl (C=O) groups excluding carboxylic acids is 1. The Labute approximate surface area is 192 Å². The number of thiophene rings is 1. The molecule has 1 aliphatic rings. The van der Waals surface area contributed by atoms with E-state index in [-0.39, 0.29) is 5.69 Å². The number of fused-ring (bicyclic) bond motifs is 3. The van der Waals surface area contributed by atoms with Crippen molar-refractivity contribution in [2.24, 2.45) is 7.05 Å². The van der Waals surface area contributed by atoms with E-state index in [1.54, 1.807) is 31.3 Å². The van der Waals surface area contributed by atoms with Gasteiger partial charge in [-0.1, -0.05) is 23.7 Å². The number of nitrogens with zero attached hydrogens (tertiary/aromatic N) is 3. The predicted molar refractivity (Wildman–Crippen MR) is 123 cm³/mol. The molecule has 0 saturated heterocycles. The summed E-state index contributed by atoms with van der Waals surface area (Å²) >= 11 is 7.92. The summed E-state index contributed by atoms with van der Waals surface area (Å²) in [5.41, 5.74) is 2.73. The summed E-state index contributed by atoms with van der Waals surface area (Å²) in [5, 5.41) is 4.96. The van der Waals surface area contributed by atoms with Gasteiger partial charge in [-0.2, -0.15) is 0 Å². The largest absolute Gasteiger partial charge is 0.493 e. The standard InChI is InChI=1S/C23H18ClN3O4S/c1-26-23(29)27(17-6-4-3-5-16(17)24)21(25-26)19-12-13-9-10-31-18-11-14(22(28)30-2)7-8-15(18)20(13)32-19/h3-8,11-12H,9-10H2,1-2H3. The van der Waals surface area contributed by atoms with Gasteiger partial charge >= 0.3 is 11.7 Å². The Morgan fingerprint density at radius 2 is 2.03 bits per heavy atom. The van der Waals surface area contributed by atoms with E-state index in [0.29, 0.717) is 40.9 Å². The van der Waals surface area contributed by atoms with E-state index in [4.69, 9.17) is 21.1 Å². The summed E-state index contributed by atoms with van der Waals surface area (Å²) in [6.45, 7) is 0.473. The molecule has 2 aromatic heterocycles. The van der Waals surface area contributed by atoms with Crippen LogP contribution in [0.15, 0.2) is 53.3 Å². The van der Waals surface area contributed by atoms with E-state index in [2.05, 4.69) is 5.10 Å². The van der Waals surface area contributed by atoms with Crippen LogP contribution >= 0.6 is 22.9 Å². The fraction of sp³-hybridized carbons (Fsp3) is 0.174. The first kappa shape index (κ1) is 20.5. The van der Waals surface area contributed by atoms with Crippen LogP contribution in [0.1, 0.15) is 15.9 Å². The van der Waals surface area contributed by atoms with Gasteiger partial charge in [-0.15, -0.1) is 16.4 Å². The topological polar surface area (TPSA) is 75.3 Å². The van der Waals surface area contributed by atoms with E-state index < -0.39 is 5.97 Å². The van der Waals surface area contributed by atoms with Gasteiger partial charge in [0.15, 0.2) is 5.82 Å². The number of benzene rings is 2. The highest BCUT2D eigenvalue weighted by atomic mass is 35.5. The molecule has 5 rings (SSSR count). The lowest BCUT2D eigenvalue weighted by molar-refractivity contribution is 0.0600. The maximum Gasteiger partial charge on any atom is 0.350 e. The summed E-state index contributed by atoms with van der Waals surface area (Å²) < 4.78 is 13.6. The molecule has 4 aromatic rings. The number of aryl methyl sites for hydroxylation is 1. The first-order chi connectivity index (χ1) is 15.5. The molecule has 2 aromatic carbocycles. The molecule has 0 bridgehead atoms. The third-order valence-electron chi connectivity index (χ3n) is 5.32. The molecule has 0 saturated carbocycles. The second-order valence-electron chi connectivity index (χ2n) is 7.28. The first-order valence-corrected chi connectivity index (χ1v) is 11.1. The lowest BCUT2D eigenvalue weighted by Crippen LogP contribution is -2.21. The van der Waals surface area contributed by atoms with Crippen LogP contribution in [-0.2, 0) is 18.2 Å². The van der Waals surface area contributed by atoms with Crippen molar-refractivity contribution in [2.75, 3.05) is 13.7 Å². The second-order valence-corrected chi connectivity index (χ2v) is 8.74. The molecule has 0 fully saturated rings. The number of para-hydroxylation sites is 1. The van der Waals surface area contributed by atoms with Gasteiger partial charge in [-0.25, -0.2) is 18.8 Å². The zero-order valence-corrected chi connectivity index (χ0v) is 18.9. The van der Waals surface area contributed by atoms with Gasteiger partial charge in [-0.3, -0.25) is 0 Å². The van der Waals surface area contributed by atoms with Gasteiger partial charge in [0.05, 0.1) is 34.9 Å². The van der Waals surface area contributed by atoms with Crippen LogP contribution in [-0.4, -0.2) is 34.0 Å². The van der Waals surface area contributed by atoms with Crippen molar-refractivity contribution in [1.29, 1.82) is 0 Å². The van der Waals surface area contributed by atoms with E-state index >= 15 is 0 Å². The molecular formula is C23H18ClN3O4S. The average molecular weight is 468 g/mol. The lowest BCUT2D eigenvalue weighted by atomic mass is 10.1. The lowest BCUT2D eigenvalue weighted by Gasteiger charge is -2.09. The summed E-state index contributed by atoms with van der Waals surface area (Å²) in [6, 6.07) is 14.5. The maximum absolute atomic E-state index is 12.9. The SMILES string of the molecule is COC(=O)c1ccc2c(c1)OCCc1cc(-c3nn(C)c(=O)n3-c3ccccc3Cl)sc1-2. The number of hydrogen-bond donors (Lipinski definition) is 0. The summed E-state index contributed by atoms with van der Waals surface area (Å²) in [4.78, 5) is 26.7. The van der Waals surface area contributed by atoms with Crippen LogP contribution in [0.2, 0.25) is 5.02 Å². The monoisotopic (exact) mass is 467 g/mol. The second kappa shape index (κ2) is 7.96. The smallest absolute Gasteiger partial charge is 0.350 e. The third kappa shape index (κ3) is 3.32. The molecule has 0 atom stereocenters. The molecule has 0 N–H and O–H groups in total. The number of ether oxygens (including phenoxy) is 2. The third-order valence-corrected chi connectivity index (χ3v) is 6.85. The molecule has 9 heteroatoms. The number of rotatable bonds is 3. The molecule has 0 aliphatic carbocycles. The zero-order chi connectivity index (χ0) is 22.4. The van der Waals surface area contributed by atoms with Crippen LogP contribution in [0, 0.1) is 0 Å². The maximum atomic E-state index is 12.9. The minimum absolute atomic E-state index is 0.275. The van der Waals surface area contributed by atoms with Gasteiger partial charge in [0.25, 0.3) is 0 Å². The average Bonchev–Trinajstić information content (AvgIpc) is 3.29. The van der Waals surface area contributed by atoms with Crippen LogP contribution in [0.25, 0.3) is 26.8 Å². The molecular weight excluding hydrogens is 450 g/mol. The van der Waals surface area contributed by atoms with Crippen LogP contribution < -0.4 is 10.4 Å². The quantitative estimate of drug-likeness (QED) is 0.419. The van der Waals surface area contributed by atoms with Gasteiger partial charge in [0, 0.05) is 23.9 Å². The van der Waals surface area contributed by atoms with Crippen molar-refractivity contribution in [3.05, 3.63) is 75.2 Å². The van der Waals surface area contributed by atoms with Crippen LogP contribution in [0.5, 0.6) is 5.75 Å². The molecule has 1 aliphatic heterocycles. The highest BCUT2D eigenvalue weighted by molar-refractivity contribution is 7.19. The van der Waals surface area contributed by atoms with Crippen molar-refractivity contribution in [1.82, 2.24) is 14.3 Å². The number of methoxy groups -OCH3 is 1. The van der Waals surface area contributed by atoms with Crippen molar-refractivity contribution in [3.8, 4) is 32.6 Å². The van der Waals surface area contributed by atoms with Gasteiger partial charge < -0.3 is 9.47 Å². The molecule has 0 radical (unpaired) electrons. The number of esters is 1. The number of carbonyl (C=O) groups is 1. The highest BCUT2D eigenvalue weighted by Crippen LogP contribution is 2.44. The molecule has 0 unspecified atom stereocenters. The normalized spacial score (nSPS) is 12.5. The van der Waals surface area contributed by atoms with Crippen molar-refractivity contribution >= 4 is 28.9 Å². The fourth-order valence-corrected chi connectivity index (χ4v) is 5.21. The fourth-order valence-electron chi connectivity index (χ4n) is 3.77. The van der Waals surface area contributed by atoms with E-state index in [1.165, 1.54) is 27.7 Å². The van der Waals surface area contributed by atoms with Gasteiger partial charge in [0.2, 0.25) is 0 Å². The Balaban J connectivity index is 1.67. The van der Waals surface area contributed by atoms with E-state index in [0.717, 1.165) is 20.9 Å². The van der Waals surface area contributed by atoms with Crippen molar-refractivity contribution < 1.29 is 14.3 Å². The first-order valence-electron chi connectivity index (χ1n) is 9.87.